The van der Waals surface area contributed by atoms with E-state index >= 15 is 0 Å². The molecule has 3 unspecified atom stereocenters. The predicted molar refractivity (Wildman–Crippen MR) is 88.7 cm³/mol. The lowest BCUT2D eigenvalue weighted by atomic mass is 10.1. The van der Waals surface area contributed by atoms with E-state index in [1.54, 1.807) is 18.4 Å². The summed E-state index contributed by atoms with van der Waals surface area (Å²) >= 11 is 0. The van der Waals surface area contributed by atoms with Gasteiger partial charge in [-0.25, -0.2) is 15.0 Å². The summed E-state index contributed by atoms with van der Waals surface area (Å²) in [5.74, 6) is 6.15. The van der Waals surface area contributed by atoms with E-state index in [-0.39, 0.29) is 13.2 Å². The van der Waals surface area contributed by atoms with Gasteiger partial charge in [0.15, 0.2) is 18.2 Å². The monoisotopic (exact) mass is 380 g/mol. The molecule has 6 N–H and O–H groups in total. The lowest BCUT2D eigenvalue weighted by Gasteiger charge is -2.26. The Hall–Kier alpha value is -2.32. The Balaban J connectivity index is 1.45. The van der Waals surface area contributed by atoms with E-state index in [0.717, 1.165) is 5.06 Å². The molecule has 0 radical (unpaired) electrons. The quantitative estimate of drug-likeness (QED) is 0.459. The molecule has 0 spiro atoms. The highest BCUT2D eigenvalue weighted by molar-refractivity contribution is 5.64. The molecule has 27 heavy (non-hydrogen) atoms. The number of ether oxygens (including phenoxy) is 2. The molecule has 0 aromatic carbocycles. The maximum absolute atomic E-state index is 10.4. The normalized spacial score (nSPS) is 30.1. The summed E-state index contributed by atoms with van der Waals surface area (Å²) < 4.78 is 18.0. The lowest BCUT2D eigenvalue weighted by molar-refractivity contribution is -0.129. The van der Waals surface area contributed by atoms with Crippen LogP contribution in [0.2, 0.25) is 0 Å². The molecule has 146 valence electrons. The molecule has 4 heterocycles. The van der Waals surface area contributed by atoms with Crippen LogP contribution in [0.4, 0.5) is 5.82 Å². The van der Waals surface area contributed by atoms with E-state index in [0.29, 0.717) is 17.3 Å². The van der Waals surface area contributed by atoms with Gasteiger partial charge in [-0.2, -0.15) is 10.8 Å². The molecule has 2 aromatic rings. The zero-order chi connectivity index (χ0) is 19.0. The largest absolute Gasteiger partial charge is 0.467 e. The van der Waals surface area contributed by atoms with Crippen molar-refractivity contribution < 1.29 is 29.0 Å². The van der Waals surface area contributed by atoms with Crippen molar-refractivity contribution in [3.05, 3.63) is 36.2 Å². The summed E-state index contributed by atoms with van der Waals surface area (Å²) in [6.45, 7) is 0.304. The van der Waals surface area contributed by atoms with Crippen molar-refractivity contribution in [3.8, 4) is 0 Å². The Labute approximate surface area is 153 Å². The van der Waals surface area contributed by atoms with Crippen LogP contribution in [0, 0.1) is 0 Å². The molecular formula is C15H20N6O6. The highest BCUT2D eigenvalue weighted by Gasteiger charge is 2.45. The summed E-state index contributed by atoms with van der Waals surface area (Å²) in [4.78, 5) is 13.0. The molecule has 5 atom stereocenters. The van der Waals surface area contributed by atoms with Crippen LogP contribution in [0.5, 0.6) is 0 Å². The number of imidazole rings is 1. The number of aliphatic hydroxyl groups excluding tert-OH is 2. The summed E-state index contributed by atoms with van der Waals surface area (Å²) in [6, 6.07) is 3.53. The first-order chi connectivity index (χ1) is 13.1. The second-order valence-electron chi connectivity index (χ2n) is 6.16. The van der Waals surface area contributed by atoms with Gasteiger partial charge in [0.2, 0.25) is 0 Å². The van der Waals surface area contributed by atoms with Gasteiger partial charge >= 0.3 is 0 Å². The number of nitrogens with two attached hydrogens (primary N) is 2. The minimum atomic E-state index is -1.20. The standard InChI is InChI=1S/C15H20N6O6/c16-13-10-14(19-7-21(13)27-17)20(6-18-10)15-12(23)11(22)9(26-15)5-24-4-8-2-1-3-25-8/h1-3,6-7,9,11-13,15,22-23H,4-5,16-17H2/t9-,11?,12?,13?,15-/m1/s1. The third kappa shape index (κ3) is 3.23. The van der Waals surface area contributed by atoms with Gasteiger partial charge in [-0.15, -0.1) is 0 Å². The summed E-state index contributed by atoms with van der Waals surface area (Å²) in [7, 11) is 0. The Morgan fingerprint density at radius 2 is 2.15 bits per heavy atom. The molecule has 12 heteroatoms. The molecule has 1 fully saturated rings. The van der Waals surface area contributed by atoms with Gasteiger partial charge in [-0.1, -0.05) is 0 Å². The van der Waals surface area contributed by atoms with Crippen LogP contribution in [0.25, 0.3) is 0 Å². The van der Waals surface area contributed by atoms with Crippen LogP contribution in [0.15, 0.2) is 34.1 Å². The van der Waals surface area contributed by atoms with E-state index in [4.69, 9.17) is 25.5 Å². The smallest absolute Gasteiger partial charge is 0.165 e. The summed E-state index contributed by atoms with van der Waals surface area (Å²) in [5, 5.41) is 21.8. The first-order valence-corrected chi connectivity index (χ1v) is 8.23. The summed E-state index contributed by atoms with van der Waals surface area (Å²) in [6.07, 6.45) is -0.470. The number of rotatable bonds is 6. The van der Waals surface area contributed by atoms with Crippen molar-refractivity contribution in [2.75, 3.05) is 6.61 Å². The maximum atomic E-state index is 10.4. The fourth-order valence-corrected chi connectivity index (χ4v) is 3.06. The van der Waals surface area contributed by atoms with E-state index in [1.807, 2.05) is 0 Å². The number of aliphatic hydroxyl groups is 2. The Morgan fingerprint density at radius 3 is 2.89 bits per heavy atom. The molecule has 2 aromatic heterocycles. The van der Waals surface area contributed by atoms with Crippen molar-refractivity contribution in [2.24, 2.45) is 16.6 Å². The Morgan fingerprint density at radius 1 is 1.30 bits per heavy atom. The third-order valence-corrected chi connectivity index (χ3v) is 4.48. The predicted octanol–water partition coefficient (Wildman–Crippen LogP) is -0.950. The Bertz CT molecular complexity index is 795. The maximum Gasteiger partial charge on any atom is 0.165 e. The first kappa shape index (κ1) is 18.1. The van der Waals surface area contributed by atoms with Gasteiger partial charge in [0.05, 0.1) is 19.2 Å². The van der Waals surface area contributed by atoms with E-state index < -0.39 is 30.7 Å². The van der Waals surface area contributed by atoms with Crippen LogP contribution in [0.3, 0.4) is 0 Å². The molecule has 1 saturated heterocycles. The van der Waals surface area contributed by atoms with Gasteiger partial charge in [0, 0.05) is 0 Å². The number of aliphatic imine (C=N–C) groups is 1. The number of hydrogen-bond acceptors (Lipinski definition) is 11. The number of nitrogens with zero attached hydrogens (tertiary/aromatic N) is 4. The SMILES string of the molecule is NON1C=Nc2c(ncn2[C@@H]2O[C@H](COCc3ccco3)C(O)C2O)C1N. The molecule has 0 aliphatic carbocycles. The Kier molecular flexibility index (Phi) is 4.92. The van der Waals surface area contributed by atoms with E-state index in [2.05, 4.69) is 14.9 Å². The zero-order valence-electron chi connectivity index (χ0n) is 14.2. The molecule has 0 bridgehead atoms. The van der Waals surface area contributed by atoms with E-state index in [1.165, 1.54) is 17.2 Å². The number of hydroxylamine groups is 2. The van der Waals surface area contributed by atoms with Crippen LogP contribution in [-0.2, 0) is 21.0 Å². The van der Waals surface area contributed by atoms with Crippen LogP contribution in [-0.4, -0.2) is 56.1 Å². The lowest BCUT2D eigenvalue weighted by Crippen LogP contribution is -2.38. The molecule has 4 rings (SSSR count). The molecule has 12 nitrogen and oxygen atoms in total. The van der Waals surface area contributed by atoms with Crippen molar-refractivity contribution in [3.63, 3.8) is 0 Å². The molecule has 0 saturated carbocycles. The second kappa shape index (κ2) is 7.36. The fourth-order valence-electron chi connectivity index (χ4n) is 3.06. The van der Waals surface area contributed by atoms with Crippen LogP contribution < -0.4 is 11.6 Å². The van der Waals surface area contributed by atoms with Crippen LogP contribution in [0.1, 0.15) is 23.8 Å². The van der Waals surface area contributed by atoms with Gasteiger partial charge in [0.1, 0.15) is 42.7 Å². The van der Waals surface area contributed by atoms with Crippen molar-refractivity contribution in [2.45, 2.75) is 37.3 Å². The van der Waals surface area contributed by atoms with Gasteiger partial charge < -0.3 is 29.8 Å². The highest BCUT2D eigenvalue weighted by Crippen LogP contribution is 2.37. The topological polar surface area (TPSA) is 167 Å². The number of hydrogen-bond donors (Lipinski definition) is 4. The van der Waals surface area contributed by atoms with Crippen molar-refractivity contribution in [1.82, 2.24) is 14.6 Å². The summed E-state index contributed by atoms with van der Waals surface area (Å²) in [5.41, 5.74) is 6.38. The van der Waals surface area contributed by atoms with E-state index in [9.17, 15) is 10.2 Å². The minimum absolute atomic E-state index is 0.0733. The average Bonchev–Trinajstić information content (AvgIpc) is 3.38. The van der Waals surface area contributed by atoms with Gasteiger partial charge in [-0.3, -0.25) is 4.57 Å². The third-order valence-electron chi connectivity index (χ3n) is 4.48. The zero-order valence-corrected chi connectivity index (χ0v) is 14.2. The van der Waals surface area contributed by atoms with Gasteiger partial charge in [0.25, 0.3) is 0 Å². The molecular weight excluding hydrogens is 360 g/mol. The highest BCUT2D eigenvalue weighted by atomic mass is 16.8. The molecule has 2 aliphatic rings. The minimum Gasteiger partial charge on any atom is -0.467 e. The van der Waals surface area contributed by atoms with Crippen LogP contribution >= 0.6 is 0 Å². The number of fused-ring (bicyclic) bond motifs is 1. The fraction of sp³-hybridized carbons (Fsp3) is 0.467. The van der Waals surface area contributed by atoms with Crippen molar-refractivity contribution >= 4 is 12.2 Å². The number of furan rings is 1. The number of aromatic nitrogens is 2. The van der Waals surface area contributed by atoms with Crippen molar-refractivity contribution in [1.29, 1.82) is 0 Å². The first-order valence-electron chi connectivity index (χ1n) is 8.23. The average molecular weight is 380 g/mol. The second-order valence-corrected chi connectivity index (χ2v) is 6.16. The molecule has 0 amide bonds. The molecule has 2 aliphatic heterocycles. The van der Waals surface area contributed by atoms with Gasteiger partial charge in [-0.05, 0) is 12.1 Å².